The number of nitrogens with zero attached hydrogens (tertiary/aromatic N) is 3. The Morgan fingerprint density at radius 2 is 1.77 bits per heavy atom. The number of ketones is 1. The molecule has 3 aliphatic rings. The van der Waals surface area contributed by atoms with Crippen molar-refractivity contribution in [3.05, 3.63) is 64.3 Å². The molecule has 4 heterocycles. The van der Waals surface area contributed by atoms with E-state index in [2.05, 4.69) is 20.2 Å². The number of primary sulfonamides is 1. The zero-order valence-corrected chi connectivity index (χ0v) is 31.9. The molecule has 19 heteroatoms. The predicted molar refractivity (Wildman–Crippen MR) is 206 cm³/mol. The molecule has 0 radical (unpaired) electrons. The number of benzene rings is 2. The number of nitrogens with one attached hydrogen (secondary N) is 2. The number of piperidine rings is 1. The Kier molecular flexibility index (Phi) is 11.8. The number of anilines is 2. The number of sulfonamides is 1. The number of carboxylic acid groups (broad SMARTS) is 1. The molecule has 2 aliphatic heterocycles. The molecule has 2 aromatic heterocycles. The number of nitro groups is 1. The topological polar surface area (TPSA) is 248 Å². The van der Waals surface area contributed by atoms with Gasteiger partial charge in [-0.1, -0.05) is 0 Å². The first-order valence-corrected chi connectivity index (χ1v) is 20.2. The number of carbonyl (C=O) groups excluding carboxylic acids is 1. The van der Waals surface area contributed by atoms with Crippen LogP contribution >= 0.6 is 0 Å². The summed E-state index contributed by atoms with van der Waals surface area (Å²) >= 11 is 0. The number of aromatic carboxylic acids is 1. The summed E-state index contributed by atoms with van der Waals surface area (Å²) in [5.41, 5.74) is 0.919. The number of aromatic amines is 1. The number of ether oxygens (including phenoxy) is 5. The van der Waals surface area contributed by atoms with Gasteiger partial charge < -0.3 is 44.0 Å². The van der Waals surface area contributed by atoms with Gasteiger partial charge in [-0.2, -0.15) is 4.98 Å². The molecule has 0 bridgehead atoms. The monoisotopic (exact) mass is 808 g/mol. The smallest absolute Gasteiger partial charge is 0.339 e. The Hall–Kier alpha value is -5.50. The van der Waals surface area contributed by atoms with Crippen LogP contribution in [0.1, 0.15) is 48.9 Å². The summed E-state index contributed by atoms with van der Waals surface area (Å²) in [7, 11) is -4.29. The Morgan fingerprint density at radius 1 is 1.04 bits per heavy atom. The van der Waals surface area contributed by atoms with E-state index in [-0.39, 0.29) is 72.1 Å². The van der Waals surface area contributed by atoms with Gasteiger partial charge in [-0.05, 0) is 61.3 Å². The van der Waals surface area contributed by atoms with Crippen LogP contribution in [0.2, 0.25) is 0 Å². The molecule has 4 aromatic rings. The van der Waals surface area contributed by atoms with Crippen LogP contribution in [0.5, 0.6) is 23.1 Å². The van der Waals surface area contributed by atoms with Crippen molar-refractivity contribution < 1.29 is 51.7 Å². The largest absolute Gasteiger partial charge is 0.489 e. The third-order valence-corrected chi connectivity index (χ3v) is 11.5. The van der Waals surface area contributed by atoms with E-state index in [0.717, 1.165) is 56.6 Å². The number of fused-ring (bicyclic) bond motifs is 1. The van der Waals surface area contributed by atoms with E-state index < -0.39 is 31.5 Å². The van der Waals surface area contributed by atoms with Crippen LogP contribution in [0.25, 0.3) is 11.0 Å². The number of H-pyrrole nitrogens is 1. The van der Waals surface area contributed by atoms with E-state index in [9.17, 15) is 33.2 Å². The zero-order chi connectivity index (χ0) is 40.2. The fraction of sp³-hybridized carbons (Fsp3) is 0.447. The van der Waals surface area contributed by atoms with E-state index in [1.165, 1.54) is 6.07 Å². The summed E-state index contributed by atoms with van der Waals surface area (Å²) in [6, 6.07) is 10.5. The first-order chi connectivity index (χ1) is 27.4. The van der Waals surface area contributed by atoms with Crippen molar-refractivity contribution >= 4 is 49.9 Å². The van der Waals surface area contributed by atoms with Gasteiger partial charge >= 0.3 is 5.97 Å². The van der Waals surface area contributed by atoms with Crippen molar-refractivity contribution in [2.24, 2.45) is 16.5 Å². The molecule has 2 saturated heterocycles. The number of hydrogen-bond acceptors (Lipinski definition) is 14. The minimum atomic E-state index is -4.29. The van der Waals surface area contributed by atoms with Gasteiger partial charge in [0, 0.05) is 81.2 Å². The summed E-state index contributed by atoms with van der Waals surface area (Å²) in [5, 5.41) is 31.1. The highest BCUT2D eigenvalue weighted by atomic mass is 32.2. The fourth-order valence-electron chi connectivity index (χ4n) is 7.47. The second-order valence-electron chi connectivity index (χ2n) is 14.5. The molecule has 57 heavy (non-hydrogen) atoms. The normalized spacial score (nSPS) is 17.0. The number of hydrogen-bond donors (Lipinski definition) is 4. The Morgan fingerprint density at radius 3 is 2.46 bits per heavy atom. The molecule has 2 aromatic carbocycles. The van der Waals surface area contributed by atoms with Crippen molar-refractivity contribution in [3.63, 3.8) is 0 Å². The highest BCUT2D eigenvalue weighted by Gasteiger charge is 2.45. The Labute approximate surface area is 327 Å². The molecule has 5 N–H and O–H groups in total. The van der Waals surface area contributed by atoms with E-state index >= 15 is 0 Å². The number of Topliss-reactive ketones (excluding diaryl/α,β-unsaturated/α-hetero) is 1. The van der Waals surface area contributed by atoms with Crippen molar-refractivity contribution in [3.8, 4) is 23.1 Å². The summed E-state index contributed by atoms with van der Waals surface area (Å²) in [4.78, 5) is 44.5. The second kappa shape index (κ2) is 16.9. The standard InChI is InChI=1S/C38H44N6O12S/c39-57(50,51)28-19-30(44(48)49)34(41-23-24-4-11-52-12-5-24)32(20-28)54-15-13-53-14-16-55-36-33(17-25-3-8-40-35(25)42-36)56-31-18-26(1-2-29(31)37(46)47)43-9-6-38(7-10-43)21-27(45)22-38/h1-3,8,17-20,24,41H,4-7,9-16,21-23H2,(H,40,42)(H,46,47)(H2,39,50,51). The maximum atomic E-state index is 12.3. The molecule has 0 unspecified atom stereocenters. The van der Waals surface area contributed by atoms with Crippen LogP contribution in [-0.2, 0) is 24.3 Å². The summed E-state index contributed by atoms with van der Waals surface area (Å²) in [6.45, 7) is 3.01. The number of aromatic nitrogens is 2. The van der Waals surface area contributed by atoms with E-state index in [0.29, 0.717) is 49.4 Å². The number of nitro benzene ring substituents is 1. The predicted octanol–water partition coefficient (Wildman–Crippen LogP) is 4.87. The van der Waals surface area contributed by atoms with Crippen LogP contribution in [0, 0.1) is 21.4 Å². The van der Waals surface area contributed by atoms with Gasteiger partial charge in [0.15, 0.2) is 17.2 Å². The first kappa shape index (κ1) is 39.7. The first-order valence-electron chi connectivity index (χ1n) is 18.7. The Bertz CT molecular complexity index is 2240. The number of carboxylic acids is 1. The third kappa shape index (κ3) is 9.39. The van der Waals surface area contributed by atoms with Gasteiger partial charge in [0.2, 0.25) is 10.0 Å². The van der Waals surface area contributed by atoms with E-state index in [1.54, 1.807) is 30.5 Å². The molecule has 18 nitrogen and oxygen atoms in total. The molecule has 1 saturated carbocycles. The van der Waals surface area contributed by atoms with Gasteiger partial charge in [-0.15, -0.1) is 0 Å². The van der Waals surface area contributed by atoms with Crippen LogP contribution in [0.15, 0.2) is 53.6 Å². The van der Waals surface area contributed by atoms with Crippen molar-refractivity contribution in [1.82, 2.24) is 9.97 Å². The summed E-state index contributed by atoms with van der Waals surface area (Å²) < 4.78 is 53.5. The minimum Gasteiger partial charge on any atom is -0.489 e. The van der Waals surface area contributed by atoms with Crippen molar-refractivity contribution in [2.75, 3.05) is 69.5 Å². The highest BCUT2D eigenvalue weighted by molar-refractivity contribution is 7.89. The molecule has 304 valence electrons. The van der Waals surface area contributed by atoms with E-state index in [4.69, 9.17) is 28.8 Å². The highest BCUT2D eigenvalue weighted by Crippen LogP contribution is 2.48. The van der Waals surface area contributed by atoms with Crippen LogP contribution in [-0.4, -0.2) is 99.4 Å². The maximum Gasteiger partial charge on any atom is 0.339 e. The Balaban J connectivity index is 0.988. The lowest BCUT2D eigenvalue weighted by Crippen LogP contribution is -2.47. The zero-order valence-electron chi connectivity index (χ0n) is 31.1. The number of carbonyl (C=O) groups is 2. The molecule has 0 amide bonds. The molecule has 3 fully saturated rings. The average molecular weight is 809 g/mol. The number of nitrogens with two attached hydrogens (primary N) is 1. The molecule has 0 atom stereocenters. The number of pyridine rings is 1. The molecular weight excluding hydrogens is 765 g/mol. The average Bonchev–Trinajstić information content (AvgIpc) is 3.63. The van der Waals surface area contributed by atoms with Crippen LogP contribution < -0.4 is 29.6 Å². The van der Waals surface area contributed by atoms with E-state index in [1.807, 2.05) is 0 Å². The van der Waals surface area contributed by atoms with Gasteiger partial charge in [-0.25, -0.2) is 18.4 Å². The van der Waals surface area contributed by atoms with Crippen LogP contribution in [0.3, 0.4) is 0 Å². The summed E-state index contributed by atoms with van der Waals surface area (Å²) in [6.07, 6.45) is 6.28. The molecule has 1 spiro atoms. The summed E-state index contributed by atoms with van der Waals surface area (Å²) in [5.74, 6) is -0.327. The second-order valence-corrected chi connectivity index (χ2v) is 16.1. The van der Waals surface area contributed by atoms with Crippen LogP contribution in [0.4, 0.5) is 17.1 Å². The lowest BCUT2D eigenvalue weighted by molar-refractivity contribution is -0.384. The SMILES string of the molecule is NS(=O)(=O)c1cc(OCCOCCOc2nc3[nH]ccc3cc2Oc2cc(N3CCC4(CC3)CC(=O)C4)ccc2C(=O)O)c(NCC2CCOCC2)c([N+](=O)[O-])c1. The van der Waals surface area contributed by atoms with Gasteiger partial charge in [0.25, 0.3) is 11.6 Å². The lowest BCUT2D eigenvalue weighted by atomic mass is 9.62. The van der Waals surface area contributed by atoms with Crippen molar-refractivity contribution in [1.29, 1.82) is 0 Å². The fourth-order valence-corrected chi connectivity index (χ4v) is 8.02. The minimum absolute atomic E-state index is 0.00369. The lowest BCUT2D eigenvalue weighted by Gasteiger charge is -2.47. The third-order valence-electron chi connectivity index (χ3n) is 10.7. The quantitative estimate of drug-likeness (QED) is 0.0631. The van der Waals surface area contributed by atoms with Crippen molar-refractivity contribution in [2.45, 2.75) is 43.4 Å². The maximum absolute atomic E-state index is 12.3. The molecule has 1 aliphatic carbocycles. The number of rotatable bonds is 17. The molecular formula is C38H44N6O12S. The molecule has 7 rings (SSSR count). The van der Waals surface area contributed by atoms with Gasteiger partial charge in [0.1, 0.15) is 36.0 Å². The van der Waals surface area contributed by atoms with Gasteiger partial charge in [0.05, 0.1) is 23.0 Å². The van der Waals surface area contributed by atoms with Gasteiger partial charge in [-0.3, -0.25) is 14.9 Å².